The third-order valence-electron chi connectivity index (χ3n) is 3.85. The molecule has 0 fully saturated rings. The number of benzene rings is 1. The first-order valence-corrected chi connectivity index (χ1v) is 7.58. The topological polar surface area (TPSA) is 25.2 Å². The van der Waals surface area contributed by atoms with Crippen LogP contribution in [-0.2, 0) is 6.42 Å². The van der Waals surface area contributed by atoms with Gasteiger partial charge in [-0.2, -0.15) is 0 Å². The molecule has 0 saturated heterocycles. The van der Waals surface area contributed by atoms with E-state index in [0.29, 0.717) is 6.04 Å². The van der Waals surface area contributed by atoms with Gasteiger partial charge in [-0.15, -0.1) is 11.3 Å². The fraction of sp³-hybridized carbons (Fsp3) is 0.250. The lowest BCUT2D eigenvalue weighted by atomic mass is 9.93. The molecule has 0 spiro atoms. The Kier molecular flexibility index (Phi) is 2.59. The molecule has 1 atom stereocenters. The maximum atomic E-state index is 5.54. The van der Waals surface area contributed by atoms with E-state index in [1.807, 2.05) is 6.26 Å². The smallest absolute Gasteiger partial charge is 0.109 e. The Morgan fingerprint density at radius 3 is 3.21 bits per heavy atom. The summed E-state index contributed by atoms with van der Waals surface area (Å²) in [6, 6.07) is 11.3. The molecule has 0 saturated carbocycles. The fourth-order valence-corrected chi connectivity index (χ4v) is 3.66. The summed E-state index contributed by atoms with van der Waals surface area (Å²) in [5, 5.41) is 7.11. The van der Waals surface area contributed by atoms with E-state index >= 15 is 0 Å². The molecule has 19 heavy (non-hydrogen) atoms. The average Bonchev–Trinajstić information content (AvgIpc) is 3.06. The standard InChI is InChI=1S/C16H15NOS/c1-2-14(13-6-8-18-15(13)3-1)17-12-4-5-16-11(10-12)7-9-19-16/h4-10,14,17H,1-3H2. The van der Waals surface area contributed by atoms with Gasteiger partial charge in [0.15, 0.2) is 0 Å². The third kappa shape index (κ3) is 1.94. The Morgan fingerprint density at radius 2 is 2.21 bits per heavy atom. The van der Waals surface area contributed by atoms with Crippen LogP contribution in [0.15, 0.2) is 46.4 Å². The highest BCUT2D eigenvalue weighted by Gasteiger charge is 2.22. The Morgan fingerprint density at radius 1 is 1.21 bits per heavy atom. The van der Waals surface area contributed by atoms with E-state index in [1.165, 1.54) is 34.2 Å². The van der Waals surface area contributed by atoms with Crippen molar-refractivity contribution in [3.05, 3.63) is 53.3 Å². The van der Waals surface area contributed by atoms with Crippen LogP contribution < -0.4 is 5.32 Å². The lowest BCUT2D eigenvalue weighted by Gasteiger charge is -2.23. The number of fused-ring (bicyclic) bond motifs is 2. The first-order valence-electron chi connectivity index (χ1n) is 6.70. The van der Waals surface area contributed by atoms with Gasteiger partial charge >= 0.3 is 0 Å². The molecule has 1 aliphatic rings. The van der Waals surface area contributed by atoms with Crippen LogP contribution in [0.4, 0.5) is 5.69 Å². The molecule has 96 valence electrons. The van der Waals surface area contributed by atoms with Gasteiger partial charge < -0.3 is 9.73 Å². The van der Waals surface area contributed by atoms with Gasteiger partial charge in [0.05, 0.1) is 12.3 Å². The molecule has 0 bridgehead atoms. The molecule has 0 amide bonds. The highest BCUT2D eigenvalue weighted by Crippen LogP contribution is 2.34. The Labute approximate surface area is 116 Å². The molecule has 3 heteroatoms. The van der Waals surface area contributed by atoms with Crippen molar-refractivity contribution in [1.29, 1.82) is 0 Å². The summed E-state index contributed by atoms with van der Waals surface area (Å²) in [5.74, 6) is 1.15. The molecule has 1 aromatic carbocycles. The van der Waals surface area contributed by atoms with E-state index in [1.54, 1.807) is 11.3 Å². The Bertz CT molecular complexity index is 712. The summed E-state index contributed by atoms with van der Waals surface area (Å²) < 4.78 is 6.89. The molecule has 1 N–H and O–H groups in total. The first-order chi connectivity index (χ1) is 9.40. The fourth-order valence-electron chi connectivity index (χ4n) is 2.89. The van der Waals surface area contributed by atoms with E-state index < -0.39 is 0 Å². The SMILES string of the molecule is c1cc2c(o1)CCCC2Nc1ccc2sccc2c1. The summed E-state index contributed by atoms with van der Waals surface area (Å²) >= 11 is 1.79. The number of anilines is 1. The molecular formula is C16H15NOS. The van der Waals surface area contributed by atoms with E-state index in [2.05, 4.69) is 41.0 Å². The van der Waals surface area contributed by atoms with Crippen LogP contribution in [0, 0.1) is 0 Å². The highest BCUT2D eigenvalue weighted by molar-refractivity contribution is 7.17. The van der Waals surface area contributed by atoms with Crippen LogP contribution in [0.3, 0.4) is 0 Å². The van der Waals surface area contributed by atoms with Crippen molar-refractivity contribution in [1.82, 2.24) is 0 Å². The number of thiophene rings is 1. The molecule has 4 rings (SSSR count). The van der Waals surface area contributed by atoms with Crippen LogP contribution in [-0.4, -0.2) is 0 Å². The quantitative estimate of drug-likeness (QED) is 0.709. The average molecular weight is 269 g/mol. The lowest BCUT2D eigenvalue weighted by Crippen LogP contribution is -2.15. The zero-order chi connectivity index (χ0) is 12.7. The third-order valence-corrected chi connectivity index (χ3v) is 4.74. The van der Waals surface area contributed by atoms with E-state index in [4.69, 9.17) is 4.42 Å². The number of hydrogen-bond donors (Lipinski definition) is 1. The second-order valence-corrected chi connectivity index (χ2v) is 6.01. The highest BCUT2D eigenvalue weighted by atomic mass is 32.1. The molecule has 3 aromatic rings. The summed E-state index contributed by atoms with van der Waals surface area (Å²) in [5.41, 5.74) is 2.53. The Balaban J connectivity index is 1.65. The van der Waals surface area contributed by atoms with Gasteiger partial charge in [0.25, 0.3) is 0 Å². The van der Waals surface area contributed by atoms with Gasteiger partial charge in [0.2, 0.25) is 0 Å². The first kappa shape index (κ1) is 11.1. The molecule has 0 radical (unpaired) electrons. The van der Waals surface area contributed by atoms with Crippen molar-refractivity contribution in [2.45, 2.75) is 25.3 Å². The molecule has 1 unspecified atom stereocenters. The van der Waals surface area contributed by atoms with E-state index in [-0.39, 0.29) is 0 Å². The van der Waals surface area contributed by atoms with Gasteiger partial charge in [-0.05, 0) is 53.9 Å². The number of furan rings is 1. The molecule has 2 aromatic heterocycles. The van der Waals surface area contributed by atoms with Crippen LogP contribution in [0.25, 0.3) is 10.1 Å². The van der Waals surface area contributed by atoms with Crippen molar-refractivity contribution in [2.24, 2.45) is 0 Å². The van der Waals surface area contributed by atoms with Crippen LogP contribution in [0.1, 0.15) is 30.2 Å². The minimum Gasteiger partial charge on any atom is -0.469 e. The monoisotopic (exact) mass is 269 g/mol. The minimum atomic E-state index is 0.388. The van der Waals surface area contributed by atoms with Crippen LogP contribution >= 0.6 is 11.3 Å². The summed E-state index contributed by atoms with van der Waals surface area (Å²) in [4.78, 5) is 0. The Hall–Kier alpha value is -1.74. The van der Waals surface area contributed by atoms with E-state index in [9.17, 15) is 0 Å². The number of hydrogen-bond acceptors (Lipinski definition) is 3. The van der Waals surface area contributed by atoms with Crippen molar-refractivity contribution < 1.29 is 4.42 Å². The molecule has 2 heterocycles. The number of rotatable bonds is 2. The largest absolute Gasteiger partial charge is 0.469 e. The molecular weight excluding hydrogens is 254 g/mol. The predicted molar refractivity (Wildman–Crippen MR) is 79.8 cm³/mol. The number of nitrogens with one attached hydrogen (secondary N) is 1. The maximum Gasteiger partial charge on any atom is 0.109 e. The van der Waals surface area contributed by atoms with E-state index in [0.717, 1.165) is 12.2 Å². The minimum absolute atomic E-state index is 0.388. The van der Waals surface area contributed by atoms with Crippen LogP contribution in [0.2, 0.25) is 0 Å². The van der Waals surface area contributed by atoms with Crippen molar-refractivity contribution in [3.63, 3.8) is 0 Å². The zero-order valence-electron chi connectivity index (χ0n) is 10.6. The van der Waals surface area contributed by atoms with Gasteiger partial charge in [0.1, 0.15) is 5.76 Å². The van der Waals surface area contributed by atoms with Gasteiger partial charge in [-0.25, -0.2) is 0 Å². The normalized spacial score (nSPS) is 18.4. The van der Waals surface area contributed by atoms with Crippen molar-refractivity contribution in [2.75, 3.05) is 5.32 Å². The van der Waals surface area contributed by atoms with Gasteiger partial charge in [-0.1, -0.05) is 0 Å². The zero-order valence-corrected chi connectivity index (χ0v) is 11.4. The van der Waals surface area contributed by atoms with Crippen molar-refractivity contribution >= 4 is 27.1 Å². The molecule has 2 nitrogen and oxygen atoms in total. The molecule has 1 aliphatic carbocycles. The lowest BCUT2D eigenvalue weighted by molar-refractivity contribution is 0.461. The summed E-state index contributed by atoms with van der Waals surface area (Å²) in [6.07, 6.45) is 5.25. The predicted octanol–water partition coefficient (Wildman–Crippen LogP) is 4.98. The van der Waals surface area contributed by atoms with Gasteiger partial charge in [0, 0.05) is 22.4 Å². The number of aryl methyl sites for hydroxylation is 1. The summed E-state index contributed by atoms with van der Waals surface area (Å²) in [6.45, 7) is 0. The van der Waals surface area contributed by atoms with Crippen LogP contribution in [0.5, 0.6) is 0 Å². The summed E-state index contributed by atoms with van der Waals surface area (Å²) in [7, 11) is 0. The molecule has 0 aliphatic heterocycles. The second-order valence-electron chi connectivity index (χ2n) is 5.06. The second kappa shape index (κ2) is 4.42. The van der Waals surface area contributed by atoms with Crippen molar-refractivity contribution in [3.8, 4) is 0 Å². The maximum absolute atomic E-state index is 5.54. The van der Waals surface area contributed by atoms with Gasteiger partial charge in [-0.3, -0.25) is 0 Å².